The molecule has 28 heavy (non-hydrogen) atoms. The number of fused-ring (bicyclic) bond motifs is 1. The molecule has 2 atom stereocenters. The molecule has 7 heteroatoms. The Morgan fingerprint density at radius 3 is 2.79 bits per heavy atom. The fraction of sp³-hybridized carbons (Fsp3) is 0.286. The van der Waals surface area contributed by atoms with Gasteiger partial charge in [-0.3, -0.25) is 5.10 Å². The molecule has 1 aliphatic heterocycles. The van der Waals surface area contributed by atoms with Gasteiger partial charge in [-0.2, -0.15) is 4.98 Å². The summed E-state index contributed by atoms with van der Waals surface area (Å²) < 4.78 is 3.91. The van der Waals surface area contributed by atoms with Crippen LogP contribution in [0, 0.1) is 4.77 Å². The topological polar surface area (TPSA) is 50.9 Å². The van der Waals surface area contributed by atoms with Gasteiger partial charge in [-0.1, -0.05) is 42.5 Å². The van der Waals surface area contributed by atoms with Gasteiger partial charge in [0.25, 0.3) is 0 Å². The zero-order valence-electron chi connectivity index (χ0n) is 15.5. The molecule has 0 spiro atoms. The molecule has 5 nitrogen and oxygen atoms in total. The van der Waals surface area contributed by atoms with Crippen LogP contribution in [-0.4, -0.2) is 32.8 Å². The first kappa shape index (κ1) is 17.7. The van der Waals surface area contributed by atoms with Crippen LogP contribution in [0.2, 0.25) is 0 Å². The molecular weight excluding hydrogens is 386 g/mol. The van der Waals surface area contributed by atoms with Crippen molar-refractivity contribution < 1.29 is 4.90 Å². The third kappa shape index (κ3) is 3.53. The molecule has 0 aliphatic carbocycles. The van der Waals surface area contributed by atoms with Crippen molar-refractivity contribution in [3.05, 3.63) is 64.4 Å². The maximum atomic E-state index is 5.50. The molecule has 4 aromatic rings. The van der Waals surface area contributed by atoms with Crippen LogP contribution in [0.25, 0.3) is 21.6 Å². The number of aromatic amines is 1. The minimum atomic E-state index is 0.520. The predicted octanol–water partition coefficient (Wildman–Crippen LogP) is 3.64. The van der Waals surface area contributed by atoms with Gasteiger partial charge in [-0.05, 0) is 37.2 Å². The molecule has 2 N–H and O–H groups in total. The van der Waals surface area contributed by atoms with Crippen LogP contribution in [0.3, 0.4) is 0 Å². The Morgan fingerprint density at radius 2 is 1.93 bits per heavy atom. The standard InChI is InChI=1S/C21H21N5S2/c27-21-23-19(15-7-2-1-3-8-15)24-26(21)14-25-12-6-9-16(13-25)20-22-17-10-4-5-11-18(17)28-20/h1-5,7-8,10-11,16H,6,9,12-14H2,(H,23,24,27)/p+1/t16-/m0/s1. The highest BCUT2D eigenvalue weighted by molar-refractivity contribution is 7.71. The Hall–Kier alpha value is -2.35. The molecule has 142 valence electrons. The second-order valence-corrected chi connectivity index (χ2v) is 8.80. The summed E-state index contributed by atoms with van der Waals surface area (Å²) in [5.41, 5.74) is 2.19. The number of benzene rings is 2. The van der Waals surface area contributed by atoms with Gasteiger partial charge in [0.1, 0.15) is 5.01 Å². The number of aromatic nitrogens is 4. The minimum absolute atomic E-state index is 0.520. The highest BCUT2D eigenvalue weighted by Crippen LogP contribution is 2.30. The van der Waals surface area contributed by atoms with Crippen molar-refractivity contribution in [3.63, 3.8) is 0 Å². The van der Waals surface area contributed by atoms with Gasteiger partial charge in [0.05, 0.1) is 29.2 Å². The molecular formula is C21H22N5S2+. The number of nitrogens with one attached hydrogen (secondary N) is 2. The number of hydrogen-bond donors (Lipinski definition) is 2. The van der Waals surface area contributed by atoms with Crippen LogP contribution in [0.15, 0.2) is 54.6 Å². The number of quaternary nitrogens is 1. The van der Waals surface area contributed by atoms with Crippen LogP contribution in [-0.2, 0) is 6.67 Å². The molecule has 0 amide bonds. The molecule has 3 heterocycles. The number of para-hydroxylation sites is 1. The lowest BCUT2D eigenvalue weighted by atomic mass is 9.99. The zero-order chi connectivity index (χ0) is 18.9. The Balaban J connectivity index is 1.33. The van der Waals surface area contributed by atoms with E-state index in [1.807, 2.05) is 34.2 Å². The number of hydrogen-bond acceptors (Lipinski definition) is 4. The van der Waals surface area contributed by atoms with E-state index in [-0.39, 0.29) is 0 Å². The lowest BCUT2D eigenvalue weighted by Crippen LogP contribution is -3.12. The molecule has 1 saturated heterocycles. The maximum absolute atomic E-state index is 5.50. The first-order chi connectivity index (χ1) is 13.8. The Bertz CT molecular complexity index is 1110. The zero-order valence-corrected chi connectivity index (χ0v) is 17.1. The van der Waals surface area contributed by atoms with E-state index < -0.39 is 0 Å². The molecule has 0 bridgehead atoms. The summed E-state index contributed by atoms with van der Waals surface area (Å²) in [4.78, 5) is 11.0. The van der Waals surface area contributed by atoms with Crippen molar-refractivity contribution >= 4 is 33.8 Å². The molecule has 0 saturated carbocycles. The third-order valence-electron chi connectivity index (χ3n) is 5.39. The summed E-state index contributed by atoms with van der Waals surface area (Å²) in [6, 6.07) is 18.6. The van der Waals surface area contributed by atoms with Crippen LogP contribution in [0.1, 0.15) is 23.8 Å². The van der Waals surface area contributed by atoms with Gasteiger partial charge in [-0.15, -0.1) is 11.3 Å². The first-order valence-corrected chi connectivity index (χ1v) is 10.9. The number of nitrogens with zero attached hydrogens (tertiary/aromatic N) is 3. The van der Waals surface area contributed by atoms with Crippen molar-refractivity contribution in [1.82, 2.24) is 19.7 Å². The Labute approximate surface area is 172 Å². The summed E-state index contributed by atoms with van der Waals surface area (Å²) in [5, 5.41) is 4.66. The summed E-state index contributed by atoms with van der Waals surface area (Å²) in [6.07, 6.45) is 2.43. The SMILES string of the molecule is S=c1nc(-c2ccccc2)[nH]n1C[NH+]1CCC[C@H](c2nc3ccccc3s2)C1. The van der Waals surface area contributed by atoms with Gasteiger partial charge < -0.3 is 4.90 Å². The number of H-pyrrole nitrogens is 1. The highest BCUT2D eigenvalue weighted by Gasteiger charge is 2.27. The number of likely N-dealkylation sites (tertiary alicyclic amines) is 1. The second kappa shape index (κ2) is 7.58. The fourth-order valence-electron chi connectivity index (χ4n) is 3.98. The van der Waals surface area contributed by atoms with E-state index in [9.17, 15) is 0 Å². The largest absolute Gasteiger partial charge is 0.316 e. The van der Waals surface area contributed by atoms with Crippen molar-refractivity contribution in [3.8, 4) is 11.4 Å². The molecule has 0 radical (unpaired) electrons. The van der Waals surface area contributed by atoms with Gasteiger partial charge >= 0.3 is 0 Å². The summed E-state index contributed by atoms with van der Waals surface area (Å²) in [7, 11) is 0. The van der Waals surface area contributed by atoms with E-state index in [4.69, 9.17) is 17.2 Å². The van der Waals surface area contributed by atoms with Crippen LogP contribution >= 0.6 is 23.6 Å². The average molecular weight is 409 g/mol. The number of piperidine rings is 1. The Kier molecular flexibility index (Phi) is 4.80. The average Bonchev–Trinajstić information content (AvgIpc) is 3.33. The quantitative estimate of drug-likeness (QED) is 0.507. The maximum Gasteiger partial charge on any atom is 0.221 e. The summed E-state index contributed by atoms with van der Waals surface area (Å²) in [5.74, 6) is 1.36. The third-order valence-corrected chi connectivity index (χ3v) is 6.90. The fourth-order valence-corrected chi connectivity index (χ4v) is 5.29. The highest BCUT2D eigenvalue weighted by atomic mass is 32.1. The van der Waals surface area contributed by atoms with Crippen LogP contribution in [0.4, 0.5) is 0 Å². The normalized spacial score (nSPS) is 19.9. The van der Waals surface area contributed by atoms with Crippen LogP contribution in [0.5, 0.6) is 0 Å². The molecule has 1 fully saturated rings. The van der Waals surface area contributed by atoms with Crippen molar-refractivity contribution in [2.45, 2.75) is 25.4 Å². The van der Waals surface area contributed by atoms with Crippen molar-refractivity contribution in [2.75, 3.05) is 13.1 Å². The summed E-state index contributed by atoms with van der Waals surface area (Å²) >= 11 is 7.35. The molecule has 1 aliphatic rings. The monoisotopic (exact) mass is 408 g/mol. The first-order valence-electron chi connectivity index (χ1n) is 9.67. The second-order valence-electron chi connectivity index (χ2n) is 7.37. The van der Waals surface area contributed by atoms with E-state index in [0.717, 1.165) is 36.7 Å². The van der Waals surface area contributed by atoms with E-state index >= 15 is 0 Å². The smallest absolute Gasteiger partial charge is 0.221 e. The van der Waals surface area contributed by atoms with E-state index in [1.54, 1.807) is 0 Å². The van der Waals surface area contributed by atoms with E-state index in [2.05, 4.69) is 46.5 Å². The lowest BCUT2D eigenvalue weighted by Gasteiger charge is -2.28. The van der Waals surface area contributed by atoms with E-state index in [0.29, 0.717) is 10.7 Å². The van der Waals surface area contributed by atoms with Gasteiger partial charge in [0.15, 0.2) is 12.5 Å². The number of rotatable bonds is 4. The summed E-state index contributed by atoms with van der Waals surface area (Å²) in [6.45, 7) is 3.06. The van der Waals surface area contributed by atoms with Crippen LogP contribution < -0.4 is 4.90 Å². The van der Waals surface area contributed by atoms with Gasteiger partial charge in [-0.25, -0.2) is 9.67 Å². The Morgan fingerprint density at radius 1 is 1.11 bits per heavy atom. The van der Waals surface area contributed by atoms with E-state index in [1.165, 1.54) is 27.4 Å². The molecule has 1 unspecified atom stereocenters. The molecule has 5 rings (SSSR count). The van der Waals surface area contributed by atoms with Gasteiger partial charge in [0, 0.05) is 5.56 Å². The minimum Gasteiger partial charge on any atom is -0.316 e. The molecule has 2 aromatic heterocycles. The predicted molar refractivity (Wildman–Crippen MR) is 115 cm³/mol. The van der Waals surface area contributed by atoms with Crippen molar-refractivity contribution in [1.29, 1.82) is 0 Å². The lowest BCUT2D eigenvalue weighted by molar-refractivity contribution is -0.929. The molecule has 2 aromatic carbocycles. The number of thiazole rings is 1. The van der Waals surface area contributed by atoms with Crippen molar-refractivity contribution in [2.24, 2.45) is 0 Å². The van der Waals surface area contributed by atoms with Gasteiger partial charge in [0.2, 0.25) is 4.77 Å².